The van der Waals surface area contributed by atoms with Gasteiger partial charge in [0.2, 0.25) is 0 Å². The average Bonchev–Trinajstić information content (AvgIpc) is 3.04. The molecule has 0 aliphatic carbocycles. The van der Waals surface area contributed by atoms with Crippen molar-refractivity contribution < 1.29 is 0 Å². The molecule has 1 heterocycles. The molecule has 26 heavy (non-hydrogen) atoms. The molecule has 0 saturated carbocycles. The van der Waals surface area contributed by atoms with E-state index in [0.717, 1.165) is 51.0 Å². The Morgan fingerprint density at radius 3 is 2.42 bits per heavy atom. The van der Waals surface area contributed by atoms with E-state index < -0.39 is 0 Å². The van der Waals surface area contributed by atoms with Gasteiger partial charge in [-0.2, -0.15) is 0 Å². The number of halogens is 1. The molecule has 1 aromatic rings. The maximum absolute atomic E-state index is 4.51. The number of hydrogen-bond acceptors (Lipinski definition) is 2. The standard InChI is InChI=1S/C21H36N4.HI/c1-6-24(7-2)15-20-9-11-25(16-20)21(22-5)23-10-8-19-13-17(3)12-18(4)14-19;/h12-14,20H,6-11,15-16H2,1-5H3,(H,22,23);1H. The van der Waals surface area contributed by atoms with E-state index in [0.29, 0.717) is 0 Å². The number of aryl methyl sites for hydroxylation is 2. The van der Waals surface area contributed by atoms with Crippen LogP contribution in [0.15, 0.2) is 23.2 Å². The molecule has 0 aromatic heterocycles. The molecule has 0 radical (unpaired) electrons. The monoisotopic (exact) mass is 472 g/mol. The van der Waals surface area contributed by atoms with Crippen LogP contribution in [0.25, 0.3) is 0 Å². The summed E-state index contributed by atoms with van der Waals surface area (Å²) >= 11 is 0. The van der Waals surface area contributed by atoms with Gasteiger partial charge in [-0.25, -0.2) is 0 Å². The van der Waals surface area contributed by atoms with E-state index in [2.05, 4.69) is 66.0 Å². The van der Waals surface area contributed by atoms with E-state index in [9.17, 15) is 0 Å². The molecule has 0 amide bonds. The number of rotatable bonds is 7. The summed E-state index contributed by atoms with van der Waals surface area (Å²) in [5.74, 6) is 1.82. The Labute approximate surface area is 177 Å². The van der Waals surface area contributed by atoms with E-state index >= 15 is 0 Å². The third kappa shape index (κ3) is 7.06. The fraction of sp³-hybridized carbons (Fsp3) is 0.667. The molecule has 1 saturated heterocycles. The van der Waals surface area contributed by atoms with Crippen molar-refractivity contribution in [1.29, 1.82) is 0 Å². The lowest BCUT2D eigenvalue weighted by Gasteiger charge is -2.24. The first-order valence-electron chi connectivity index (χ1n) is 9.80. The molecule has 1 fully saturated rings. The normalized spacial score (nSPS) is 17.5. The molecule has 1 aromatic carbocycles. The summed E-state index contributed by atoms with van der Waals surface area (Å²) in [4.78, 5) is 9.47. The number of likely N-dealkylation sites (tertiary alicyclic amines) is 1. The second kappa shape index (κ2) is 11.8. The van der Waals surface area contributed by atoms with E-state index in [1.807, 2.05) is 7.05 Å². The highest BCUT2D eigenvalue weighted by atomic mass is 127. The topological polar surface area (TPSA) is 30.9 Å². The van der Waals surface area contributed by atoms with E-state index in [-0.39, 0.29) is 24.0 Å². The molecule has 1 aliphatic heterocycles. The van der Waals surface area contributed by atoms with Crippen molar-refractivity contribution >= 4 is 29.9 Å². The third-order valence-electron chi connectivity index (χ3n) is 5.19. The molecule has 148 valence electrons. The molecule has 0 spiro atoms. The third-order valence-corrected chi connectivity index (χ3v) is 5.19. The van der Waals surface area contributed by atoms with Crippen LogP contribution in [0.4, 0.5) is 0 Å². The maximum atomic E-state index is 4.51. The summed E-state index contributed by atoms with van der Waals surface area (Å²) in [6.07, 6.45) is 2.31. The minimum absolute atomic E-state index is 0. The summed E-state index contributed by atoms with van der Waals surface area (Å²) in [5, 5.41) is 3.56. The van der Waals surface area contributed by atoms with E-state index in [1.165, 1.54) is 29.7 Å². The molecule has 1 aliphatic rings. The summed E-state index contributed by atoms with van der Waals surface area (Å²) in [5.41, 5.74) is 4.10. The second-order valence-electron chi connectivity index (χ2n) is 7.31. The predicted molar refractivity (Wildman–Crippen MR) is 124 cm³/mol. The largest absolute Gasteiger partial charge is 0.356 e. The molecule has 2 rings (SSSR count). The molecule has 1 N–H and O–H groups in total. The van der Waals surface area contributed by atoms with Gasteiger partial charge in [-0.05, 0) is 51.3 Å². The minimum Gasteiger partial charge on any atom is -0.356 e. The van der Waals surface area contributed by atoms with Gasteiger partial charge in [-0.15, -0.1) is 24.0 Å². The van der Waals surface area contributed by atoms with Crippen LogP contribution in [-0.2, 0) is 6.42 Å². The molecular weight excluding hydrogens is 435 g/mol. The van der Waals surface area contributed by atoms with Gasteiger partial charge in [0.15, 0.2) is 5.96 Å². The molecule has 0 bridgehead atoms. The summed E-state index contributed by atoms with van der Waals surface area (Å²) in [6, 6.07) is 6.80. The first kappa shape index (κ1) is 23.2. The molecule has 5 heteroatoms. The van der Waals surface area contributed by atoms with Crippen LogP contribution in [0, 0.1) is 19.8 Å². The van der Waals surface area contributed by atoms with Gasteiger partial charge in [-0.3, -0.25) is 4.99 Å². The number of guanidine groups is 1. The Morgan fingerprint density at radius 1 is 1.19 bits per heavy atom. The number of hydrogen-bond donors (Lipinski definition) is 1. The van der Waals surface area contributed by atoms with Crippen LogP contribution in [0.3, 0.4) is 0 Å². The van der Waals surface area contributed by atoms with Gasteiger partial charge >= 0.3 is 0 Å². The summed E-state index contributed by atoms with van der Waals surface area (Å²) in [6.45, 7) is 15.5. The van der Waals surface area contributed by atoms with Crippen LogP contribution >= 0.6 is 24.0 Å². The maximum Gasteiger partial charge on any atom is 0.193 e. The van der Waals surface area contributed by atoms with Gasteiger partial charge in [0.1, 0.15) is 0 Å². The Kier molecular flexibility index (Phi) is 10.5. The van der Waals surface area contributed by atoms with Gasteiger partial charge in [0.25, 0.3) is 0 Å². The lowest BCUT2D eigenvalue weighted by Crippen LogP contribution is -2.41. The zero-order valence-corrected chi connectivity index (χ0v) is 19.5. The Morgan fingerprint density at radius 2 is 1.85 bits per heavy atom. The average molecular weight is 472 g/mol. The fourth-order valence-electron chi connectivity index (χ4n) is 3.89. The molecule has 1 atom stereocenters. The van der Waals surface area contributed by atoms with E-state index in [4.69, 9.17) is 0 Å². The summed E-state index contributed by atoms with van der Waals surface area (Å²) < 4.78 is 0. The van der Waals surface area contributed by atoms with Crippen LogP contribution in [0.5, 0.6) is 0 Å². The Balaban J connectivity index is 0.00000338. The number of nitrogens with zero attached hydrogens (tertiary/aromatic N) is 3. The van der Waals surface area contributed by atoms with Crippen molar-refractivity contribution in [2.75, 3.05) is 46.3 Å². The van der Waals surface area contributed by atoms with Crippen molar-refractivity contribution in [2.24, 2.45) is 10.9 Å². The van der Waals surface area contributed by atoms with Crippen molar-refractivity contribution in [3.8, 4) is 0 Å². The van der Waals surface area contributed by atoms with Gasteiger partial charge in [-0.1, -0.05) is 43.2 Å². The number of aliphatic imine (C=N–C) groups is 1. The minimum atomic E-state index is 0. The first-order valence-corrected chi connectivity index (χ1v) is 9.80. The number of benzene rings is 1. The smallest absolute Gasteiger partial charge is 0.193 e. The highest BCUT2D eigenvalue weighted by molar-refractivity contribution is 14.0. The fourth-order valence-corrected chi connectivity index (χ4v) is 3.89. The van der Waals surface area contributed by atoms with Crippen molar-refractivity contribution in [1.82, 2.24) is 15.1 Å². The van der Waals surface area contributed by atoms with Gasteiger partial charge in [0, 0.05) is 33.2 Å². The highest BCUT2D eigenvalue weighted by Crippen LogP contribution is 2.17. The van der Waals surface area contributed by atoms with Crippen molar-refractivity contribution in [2.45, 2.75) is 40.5 Å². The van der Waals surface area contributed by atoms with Crippen LogP contribution in [0.1, 0.15) is 37.0 Å². The van der Waals surface area contributed by atoms with Gasteiger partial charge in [0.05, 0.1) is 0 Å². The predicted octanol–water partition coefficient (Wildman–Crippen LogP) is 3.70. The molecular formula is C21H37IN4. The SMILES string of the molecule is CCN(CC)CC1CCN(C(=NC)NCCc2cc(C)cc(C)c2)C1.I. The van der Waals surface area contributed by atoms with Crippen molar-refractivity contribution in [3.05, 3.63) is 34.9 Å². The quantitative estimate of drug-likeness (QED) is 0.373. The van der Waals surface area contributed by atoms with Crippen LogP contribution in [0.2, 0.25) is 0 Å². The van der Waals surface area contributed by atoms with Crippen LogP contribution in [-0.4, -0.2) is 62.1 Å². The number of nitrogens with one attached hydrogen (secondary N) is 1. The molecule has 4 nitrogen and oxygen atoms in total. The Bertz CT molecular complexity index is 549. The van der Waals surface area contributed by atoms with Gasteiger partial charge < -0.3 is 15.1 Å². The van der Waals surface area contributed by atoms with Crippen LogP contribution < -0.4 is 5.32 Å². The lowest BCUT2D eigenvalue weighted by atomic mass is 10.1. The highest BCUT2D eigenvalue weighted by Gasteiger charge is 2.25. The second-order valence-corrected chi connectivity index (χ2v) is 7.31. The van der Waals surface area contributed by atoms with E-state index in [1.54, 1.807) is 0 Å². The Hall–Kier alpha value is -0.820. The first-order chi connectivity index (χ1) is 12.0. The summed E-state index contributed by atoms with van der Waals surface area (Å²) in [7, 11) is 1.90. The zero-order valence-electron chi connectivity index (χ0n) is 17.2. The molecule has 1 unspecified atom stereocenters. The lowest BCUT2D eigenvalue weighted by molar-refractivity contribution is 0.255. The van der Waals surface area contributed by atoms with Crippen molar-refractivity contribution in [3.63, 3.8) is 0 Å². The zero-order chi connectivity index (χ0) is 18.2.